The summed E-state index contributed by atoms with van der Waals surface area (Å²) in [5.74, 6) is 0.151. The number of fused-ring (bicyclic) bond motifs is 1. The number of aryl methyl sites for hydroxylation is 1. The molecule has 0 spiro atoms. The number of hydrogen-bond donors (Lipinski definition) is 1. The number of nitrogens with one attached hydrogen (secondary N) is 1. The van der Waals surface area contributed by atoms with E-state index in [1.165, 1.54) is 11.8 Å². The summed E-state index contributed by atoms with van der Waals surface area (Å²) in [5.41, 5.74) is 3.68. The molecule has 0 radical (unpaired) electrons. The second kappa shape index (κ2) is 8.08. The molecule has 1 aromatic carbocycles. The maximum atomic E-state index is 12.5. The van der Waals surface area contributed by atoms with Crippen LogP contribution in [0.1, 0.15) is 25.5 Å². The monoisotopic (exact) mass is 406 g/mol. The summed E-state index contributed by atoms with van der Waals surface area (Å²) >= 11 is 1.40. The second-order valence-electron chi connectivity index (χ2n) is 7.02. The van der Waals surface area contributed by atoms with Crippen LogP contribution in [0.25, 0.3) is 16.7 Å². The van der Waals surface area contributed by atoms with E-state index in [0.717, 1.165) is 27.4 Å². The quantitative estimate of drug-likeness (QED) is 0.485. The molecule has 7 nitrogen and oxygen atoms in total. The number of nitrogens with zero attached hydrogens (tertiary/aromatic N) is 5. The van der Waals surface area contributed by atoms with Crippen LogP contribution in [0.15, 0.2) is 60.3 Å². The summed E-state index contributed by atoms with van der Waals surface area (Å²) in [4.78, 5) is 21.3. The summed E-state index contributed by atoms with van der Waals surface area (Å²) in [6.07, 6.45) is 7.09. The Bertz CT molecular complexity index is 1160. The predicted molar refractivity (Wildman–Crippen MR) is 116 cm³/mol. The lowest BCUT2D eigenvalue weighted by Gasteiger charge is -2.10. The summed E-state index contributed by atoms with van der Waals surface area (Å²) in [7, 11) is 0. The number of pyridine rings is 1. The van der Waals surface area contributed by atoms with E-state index in [1.807, 2.05) is 39.7 Å². The largest absolute Gasteiger partial charge is 0.324 e. The van der Waals surface area contributed by atoms with E-state index >= 15 is 0 Å². The number of rotatable bonds is 6. The lowest BCUT2D eigenvalue weighted by molar-refractivity contribution is -0.113. The molecule has 148 valence electrons. The van der Waals surface area contributed by atoms with Crippen LogP contribution in [0.2, 0.25) is 0 Å². The van der Waals surface area contributed by atoms with E-state index < -0.39 is 0 Å². The van der Waals surface area contributed by atoms with Gasteiger partial charge in [0.1, 0.15) is 0 Å². The van der Waals surface area contributed by atoms with E-state index in [1.54, 1.807) is 18.6 Å². The van der Waals surface area contributed by atoms with Gasteiger partial charge in [-0.15, -0.1) is 0 Å². The smallest absolute Gasteiger partial charge is 0.234 e. The molecule has 29 heavy (non-hydrogen) atoms. The van der Waals surface area contributed by atoms with Crippen molar-refractivity contribution < 1.29 is 4.79 Å². The van der Waals surface area contributed by atoms with Crippen LogP contribution in [0.3, 0.4) is 0 Å². The van der Waals surface area contributed by atoms with Crippen LogP contribution in [-0.4, -0.2) is 36.0 Å². The summed E-state index contributed by atoms with van der Waals surface area (Å²) in [6.45, 7) is 6.17. The van der Waals surface area contributed by atoms with Crippen LogP contribution >= 0.6 is 11.8 Å². The minimum Gasteiger partial charge on any atom is -0.324 e. The Morgan fingerprint density at radius 1 is 1.21 bits per heavy atom. The Kier molecular flexibility index (Phi) is 5.35. The van der Waals surface area contributed by atoms with E-state index in [2.05, 4.69) is 47.2 Å². The highest BCUT2D eigenvalue weighted by molar-refractivity contribution is 7.99. The van der Waals surface area contributed by atoms with Gasteiger partial charge in [0.25, 0.3) is 0 Å². The number of benzene rings is 1. The van der Waals surface area contributed by atoms with Gasteiger partial charge in [-0.25, -0.2) is 14.6 Å². The van der Waals surface area contributed by atoms with E-state index in [4.69, 9.17) is 0 Å². The standard InChI is InChI=1S/C21H22N6OS/c1-14(2)27-20-16(11-24-27)10-17(12-23-20)25-19(28)13-29-21-22-8-9-26(21)18-7-5-4-6-15(18)3/h4-12,14H,13H2,1-3H3,(H,25,28). The topological polar surface area (TPSA) is 77.6 Å². The van der Waals surface area contributed by atoms with Crippen molar-refractivity contribution in [2.75, 3.05) is 11.1 Å². The average Bonchev–Trinajstić information content (AvgIpc) is 3.33. The first-order valence-corrected chi connectivity index (χ1v) is 10.4. The number of hydrogen-bond acceptors (Lipinski definition) is 5. The number of anilines is 1. The molecule has 1 amide bonds. The van der Waals surface area contributed by atoms with Gasteiger partial charge in [-0.3, -0.25) is 9.36 Å². The highest BCUT2D eigenvalue weighted by Gasteiger charge is 2.12. The molecule has 0 aliphatic heterocycles. The second-order valence-corrected chi connectivity index (χ2v) is 7.97. The Morgan fingerprint density at radius 2 is 2.03 bits per heavy atom. The first-order chi connectivity index (χ1) is 14.0. The Labute approximate surface area is 173 Å². The number of para-hydroxylation sites is 1. The van der Waals surface area contributed by atoms with Crippen molar-refractivity contribution in [1.29, 1.82) is 0 Å². The van der Waals surface area contributed by atoms with Gasteiger partial charge < -0.3 is 5.32 Å². The van der Waals surface area contributed by atoms with Gasteiger partial charge in [-0.1, -0.05) is 30.0 Å². The van der Waals surface area contributed by atoms with E-state index in [-0.39, 0.29) is 17.7 Å². The van der Waals surface area contributed by atoms with Gasteiger partial charge in [0, 0.05) is 23.8 Å². The number of thioether (sulfide) groups is 1. The molecule has 0 saturated heterocycles. The van der Waals surface area contributed by atoms with Gasteiger partial charge in [-0.2, -0.15) is 5.10 Å². The van der Waals surface area contributed by atoms with Crippen molar-refractivity contribution >= 4 is 34.4 Å². The normalized spacial score (nSPS) is 11.3. The van der Waals surface area contributed by atoms with Crippen LogP contribution in [0.5, 0.6) is 0 Å². The SMILES string of the molecule is Cc1ccccc1-n1ccnc1SCC(=O)Nc1cnc2c(cnn2C(C)C)c1. The first-order valence-electron chi connectivity index (χ1n) is 9.38. The number of carbonyl (C=O) groups excluding carboxylic acids is 1. The molecule has 4 aromatic rings. The Hall–Kier alpha value is -3.13. The molecule has 3 aromatic heterocycles. The number of amides is 1. The Balaban J connectivity index is 1.43. The zero-order valence-electron chi connectivity index (χ0n) is 16.5. The van der Waals surface area contributed by atoms with Gasteiger partial charge in [0.15, 0.2) is 10.8 Å². The lowest BCUT2D eigenvalue weighted by Crippen LogP contribution is -2.14. The molecule has 8 heteroatoms. The molecular weight excluding hydrogens is 384 g/mol. The third-order valence-electron chi connectivity index (χ3n) is 4.52. The molecule has 4 rings (SSSR count). The minimum atomic E-state index is -0.105. The third-order valence-corrected chi connectivity index (χ3v) is 5.49. The maximum absolute atomic E-state index is 12.5. The first kappa shape index (κ1) is 19.2. The van der Waals surface area contributed by atoms with Gasteiger partial charge in [-0.05, 0) is 38.5 Å². The minimum absolute atomic E-state index is 0.105. The number of carbonyl (C=O) groups is 1. The fourth-order valence-corrected chi connectivity index (χ4v) is 3.89. The van der Waals surface area contributed by atoms with E-state index in [0.29, 0.717) is 5.69 Å². The fourth-order valence-electron chi connectivity index (χ4n) is 3.13. The summed E-state index contributed by atoms with van der Waals surface area (Å²) < 4.78 is 3.86. The molecule has 1 N–H and O–H groups in total. The highest BCUT2D eigenvalue weighted by Crippen LogP contribution is 2.23. The molecule has 3 heterocycles. The molecule has 0 aliphatic carbocycles. The molecule has 0 fully saturated rings. The molecule has 0 aliphatic rings. The lowest BCUT2D eigenvalue weighted by atomic mass is 10.2. The van der Waals surface area contributed by atoms with Crippen molar-refractivity contribution in [3.05, 3.63) is 60.7 Å². The van der Waals surface area contributed by atoms with Crippen LogP contribution in [-0.2, 0) is 4.79 Å². The average molecular weight is 407 g/mol. The number of imidazole rings is 1. The summed E-state index contributed by atoms with van der Waals surface area (Å²) in [5, 5.41) is 8.95. The van der Waals surface area contributed by atoms with Gasteiger partial charge in [0.2, 0.25) is 5.91 Å². The van der Waals surface area contributed by atoms with Crippen LogP contribution < -0.4 is 5.32 Å². The van der Waals surface area contributed by atoms with Crippen molar-refractivity contribution in [2.45, 2.75) is 32.0 Å². The molecule has 0 saturated carbocycles. The molecule has 0 atom stereocenters. The predicted octanol–water partition coefficient (Wildman–Crippen LogP) is 4.24. The third kappa shape index (κ3) is 4.02. The zero-order valence-corrected chi connectivity index (χ0v) is 17.3. The van der Waals surface area contributed by atoms with Crippen molar-refractivity contribution in [2.24, 2.45) is 0 Å². The van der Waals surface area contributed by atoms with Crippen molar-refractivity contribution in [1.82, 2.24) is 24.3 Å². The maximum Gasteiger partial charge on any atom is 0.234 e. The van der Waals surface area contributed by atoms with Crippen LogP contribution in [0, 0.1) is 6.92 Å². The summed E-state index contributed by atoms with van der Waals surface area (Å²) in [6, 6.07) is 10.2. The van der Waals surface area contributed by atoms with Crippen LogP contribution in [0.4, 0.5) is 5.69 Å². The molecule has 0 bridgehead atoms. The van der Waals surface area contributed by atoms with Crippen molar-refractivity contribution in [3.63, 3.8) is 0 Å². The molecule has 0 unspecified atom stereocenters. The number of aromatic nitrogens is 5. The molecular formula is C21H22N6OS. The Morgan fingerprint density at radius 3 is 2.83 bits per heavy atom. The van der Waals surface area contributed by atoms with Crippen molar-refractivity contribution in [3.8, 4) is 5.69 Å². The van der Waals surface area contributed by atoms with Gasteiger partial charge in [0.05, 0.1) is 29.5 Å². The van der Waals surface area contributed by atoms with E-state index in [9.17, 15) is 4.79 Å². The zero-order chi connectivity index (χ0) is 20.4. The highest BCUT2D eigenvalue weighted by atomic mass is 32.2. The fraction of sp³-hybridized carbons (Fsp3) is 0.238. The van der Waals surface area contributed by atoms with Gasteiger partial charge >= 0.3 is 0 Å².